The van der Waals surface area contributed by atoms with Crippen LogP contribution in [-0.2, 0) is 0 Å². The van der Waals surface area contributed by atoms with Crippen LogP contribution in [0.3, 0.4) is 0 Å². The van der Waals surface area contributed by atoms with Gasteiger partial charge in [-0.1, -0.05) is 28.5 Å². The molecule has 0 saturated heterocycles. The van der Waals surface area contributed by atoms with Crippen molar-refractivity contribution in [2.75, 3.05) is 0 Å². The molecule has 5 heteroatoms. The largest absolute Gasteiger partial charge is 0.411 e. The summed E-state index contributed by atoms with van der Waals surface area (Å²) in [5.41, 5.74) is 0.773. The lowest BCUT2D eigenvalue weighted by Gasteiger charge is -2.03. The van der Waals surface area contributed by atoms with Crippen LogP contribution in [0.2, 0.25) is 5.02 Å². The first kappa shape index (κ1) is 12.0. The molecule has 0 amide bonds. The second-order valence-corrected chi connectivity index (χ2v) is 4.70. The third kappa shape index (κ3) is 3.22. The molecule has 0 bridgehead atoms. The van der Waals surface area contributed by atoms with Crippen LogP contribution in [0.25, 0.3) is 0 Å². The number of benzene rings is 1. The summed E-state index contributed by atoms with van der Waals surface area (Å²) in [6.45, 7) is 0. The van der Waals surface area contributed by atoms with E-state index < -0.39 is 0 Å². The smallest absolute Gasteiger partial charge is 0.110 e. The van der Waals surface area contributed by atoms with E-state index in [4.69, 9.17) is 16.8 Å². The van der Waals surface area contributed by atoms with Crippen molar-refractivity contribution in [2.24, 2.45) is 5.16 Å². The molecule has 1 aromatic heterocycles. The molecule has 86 valence electrons. The molecule has 0 saturated carbocycles. The van der Waals surface area contributed by atoms with Crippen LogP contribution < -0.4 is 0 Å². The van der Waals surface area contributed by atoms with Gasteiger partial charge in [-0.3, -0.25) is 0 Å². The molecular weight excluding hydrogens is 256 g/mol. The van der Waals surface area contributed by atoms with Crippen LogP contribution in [0.1, 0.15) is 5.56 Å². The van der Waals surface area contributed by atoms with E-state index in [0.29, 0.717) is 5.02 Å². The molecular formula is C12H9ClN2OS. The van der Waals surface area contributed by atoms with Gasteiger partial charge in [0.1, 0.15) is 5.03 Å². The number of hydrogen-bond acceptors (Lipinski definition) is 4. The van der Waals surface area contributed by atoms with Gasteiger partial charge in [-0.2, -0.15) is 0 Å². The highest BCUT2D eigenvalue weighted by Gasteiger charge is 2.03. The second kappa shape index (κ2) is 5.70. The normalized spacial score (nSPS) is 10.9. The van der Waals surface area contributed by atoms with Gasteiger partial charge < -0.3 is 5.21 Å². The molecule has 1 heterocycles. The fourth-order valence-electron chi connectivity index (χ4n) is 1.26. The summed E-state index contributed by atoms with van der Waals surface area (Å²) in [6.07, 6.45) is 3.07. The number of nitrogens with zero attached hydrogens (tertiary/aromatic N) is 2. The Labute approximate surface area is 108 Å². The maximum atomic E-state index is 8.56. The zero-order valence-electron chi connectivity index (χ0n) is 8.75. The Bertz CT molecular complexity index is 528. The third-order valence-corrected chi connectivity index (χ3v) is 3.32. The van der Waals surface area contributed by atoms with Gasteiger partial charge in [0.25, 0.3) is 0 Å². The number of rotatable bonds is 3. The lowest BCUT2D eigenvalue weighted by atomic mass is 10.3. The average molecular weight is 265 g/mol. The molecule has 17 heavy (non-hydrogen) atoms. The van der Waals surface area contributed by atoms with Crippen molar-refractivity contribution in [3.8, 4) is 0 Å². The Morgan fingerprint density at radius 1 is 1.24 bits per heavy atom. The van der Waals surface area contributed by atoms with Gasteiger partial charge in [-0.15, -0.1) is 0 Å². The first-order chi connectivity index (χ1) is 8.29. The Hall–Kier alpha value is -1.52. The van der Waals surface area contributed by atoms with E-state index in [1.807, 2.05) is 30.3 Å². The lowest BCUT2D eigenvalue weighted by molar-refractivity contribution is 0.321. The number of pyridine rings is 1. The Morgan fingerprint density at radius 3 is 2.71 bits per heavy atom. The van der Waals surface area contributed by atoms with Crippen molar-refractivity contribution in [3.63, 3.8) is 0 Å². The number of oxime groups is 1. The molecule has 0 atom stereocenters. The minimum atomic E-state index is 0.701. The van der Waals surface area contributed by atoms with E-state index in [1.54, 1.807) is 12.3 Å². The van der Waals surface area contributed by atoms with Crippen LogP contribution >= 0.6 is 23.4 Å². The second-order valence-electron chi connectivity index (χ2n) is 3.20. The van der Waals surface area contributed by atoms with Crippen LogP contribution in [0.5, 0.6) is 0 Å². The molecule has 0 aliphatic rings. The molecule has 0 unspecified atom stereocenters. The lowest BCUT2D eigenvalue weighted by Crippen LogP contribution is -1.89. The summed E-state index contributed by atoms with van der Waals surface area (Å²) in [5.74, 6) is 0. The van der Waals surface area contributed by atoms with Crippen molar-refractivity contribution in [1.29, 1.82) is 0 Å². The minimum Gasteiger partial charge on any atom is -0.411 e. The van der Waals surface area contributed by atoms with E-state index in [-0.39, 0.29) is 0 Å². The highest BCUT2D eigenvalue weighted by Crippen LogP contribution is 2.28. The molecule has 2 aromatic rings. The molecule has 0 fully saturated rings. The molecule has 1 aromatic carbocycles. The van der Waals surface area contributed by atoms with Crippen LogP contribution in [0.15, 0.2) is 57.7 Å². The maximum Gasteiger partial charge on any atom is 0.110 e. The van der Waals surface area contributed by atoms with Crippen LogP contribution in [0.4, 0.5) is 0 Å². The van der Waals surface area contributed by atoms with Crippen molar-refractivity contribution in [1.82, 2.24) is 4.98 Å². The van der Waals surface area contributed by atoms with Crippen molar-refractivity contribution < 1.29 is 5.21 Å². The van der Waals surface area contributed by atoms with E-state index in [2.05, 4.69) is 10.1 Å². The van der Waals surface area contributed by atoms with E-state index in [1.165, 1.54) is 18.0 Å². The predicted octanol–water partition coefficient (Wildman–Crippen LogP) is 3.69. The Morgan fingerprint density at radius 2 is 2.00 bits per heavy atom. The molecule has 3 nitrogen and oxygen atoms in total. The standard InChI is InChI=1S/C12H9ClN2OS/c13-10-3-5-11(6-4-10)17-12-9(8-15-16)2-1-7-14-12/h1-8,16H/b15-8+. The number of halogens is 1. The fourth-order valence-corrected chi connectivity index (χ4v) is 2.24. The quantitative estimate of drug-likeness (QED) is 0.522. The zero-order chi connectivity index (χ0) is 12.1. The van der Waals surface area contributed by atoms with E-state index >= 15 is 0 Å². The minimum absolute atomic E-state index is 0.701. The highest BCUT2D eigenvalue weighted by atomic mass is 35.5. The number of aromatic nitrogens is 1. The van der Waals surface area contributed by atoms with Gasteiger partial charge in [-0.25, -0.2) is 4.98 Å². The summed E-state index contributed by atoms with van der Waals surface area (Å²) in [4.78, 5) is 5.27. The molecule has 0 spiro atoms. The van der Waals surface area contributed by atoms with E-state index in [9.17, 15) is 0 Å². The van der Waals surface area contributed by atoms with Crippen molar-refractivity contribution >= 4 is 29.6 Å². The SMILES string of the molecule is O/N=C/c1cccnc1Sc1ccc(Cl)cc1. The first-order valence-corrected chi connectivity index (χ1v) is 6.05. The van der Waals surface area contributed by atoms with E-state index in [0.717, 1.165) is 15.5 Å². The molecule has 2 rings (SSSR count). The van der Waals surface area contributed by atoms with Gasteiger partial charge in [0, 0.05) is 21.7 Å². The van der Waals surface area contributed by atoms with Crippen LogP contribution in [-0.4, -0.2) is 16.4 Å². The zero-order valence-corrected chi connectivity index (χ0v) is 10.3. The predicted molar refractivity (Wildman–Crippen MR) is 69.2 cm³/mol. The Kier molecular flexibility index (Phi) is 4.01. The van der Waals surface area contributed by atoms with Crippen molar-refractivity contribution in [2.45, 2.75) is 9.92 Å². The average Bonchev–Trinajstić information content (AvgIpc) is 2.35. The Balaban J connectivity index is 2.26. The summed E-state index contributed by atoms with van der Waals surface area (Å²) < 4.78 is 0. The summed E-state index contributed by atoms with van der Waals surface area (Å²) in [6, 6.07) is 11.1. The first-order valence-electron chi connectivity index (χ1n) is 4.85. The summed E-state index contributed by atoms with van der Waals surface area (Å²) in [7, 11) is 0. The highest BCUT2D eigenvalue weighted by molar-refractivity contribution is 7.99. The van der Waals surface area contributed by atoms with Crippen LogP contribution in [0, 0.1) is 0 Å². The molecule has 1 N–H and O–H groups in total. The number of hydrogen-bond donors (Lipinski definition) is 1. The molecule has 0 aliphatic heterocycles. The molecule has 0 radical (unpaired) electrons. The topological polar surface area (TPSA) is 45.5 Å². The van der Waals surface area contributed by atoms with Gasteiger partial charge in [0.05, 0.1) is 6.21 Å². The van der Waals surface area contributed by atoms with Gasteiger partial charge in [-0.05, 0) is 36.4 Å². The summed E-state index contributed by atoms with van der Waals surface area (Å²) >= 11 is 7.31. The summed E-state index contributed by atoms with van der Waals surface area (Å²) in [5, 5.41) is 13.1. The van der Waals surface area contributed by atoms with Crippen molar-refractivity contribution in [3.05, 3.63) is 53.2 Å². The third-order valence-electron chi connectivity index (χ3n) is 2.03. The van der Waals surface area contributed by atoms with Gasteiger partial charge in [0.15, 0.2) is 0 Å². The maximum absolute atomic E-state index is 8.56. The van der Waals surface area contributed by atoms with Gasteiger partial charge in [0.2, 0.25) is 0 Å². The van der Waals surface area contributed by atoms with Gasteiger partial charge >= 0.3 is 0 Å². The monoisotopic (exact) mass is 264 g/mol. The molecule has 0 aliphatic carbocycles. The fraction of sp³-hybridized carbons (Fsp3) is 0.